The van der Waals surface area contributed by atoms with Crippen LogP contribution in [0.1, 0.15) is 41.0 Å². The molecular formula is C12H23NO3. The Labute approximate surface area is 97.4 Å². The van der Waals surface area contributed by atoms with Crippen LogP contribution in [-0.4, -0.2) is 23.0 Å². The lowest BCUT2D eigenvalue weighted by atomic mass is 9.87. The second-order valence-electron chi connectivity index (χ2n) is 5.05. The molecule has 0 bridgehead atoms. The van der Waals surface area contributed by atoms with Crippen LogP contribution in [0.25, 0.3) is 0 Å². The highest BCUT2D eigenvalue weighted by molar-refractivity contribution is 5.84. The van der Waals surface area contributed by atoms with Gasteiger partial charge in [-0.25, -0.2) is 0 Å². The summed E-state index contributed by atoms with van der Waals surface area (Å²) in [5, 5.41) is 11.2. The maximum Gasteiger partial charge on any atom is 0.325 e. The summed E-state index contributed by atoms with van der Waals surface area (Å²) in [6.45, 7) is 9.57. The van der Waals surface area contributed by atoms with E-state index in [1.807, 2.05) is 13.8 Å². The van der Waals surface area contributed by atoms with Crippen molar-refractivity contribution in [1.82, 2.24) is 5.32 Å². The average molecular weight is 229 g/mol. The van der Waals surface area contributed by atoms with Crippen molar-refractivity contribution in [2.45, 2.75) is 47.1 Å². The van der Waals surface area contributed by atoms with Crippen LogP contribution < -0.4 is 5.32 Å². The minimum Gasteiger partial charge on any atom is -0.480 e. The predicted molar refractivity (Wildman–Crippen MR) is 63.0 cm³/mol. The van der Waals surface area contributed by atoms with Gasteiger partial charge in [-0.05, 0) is 25.2 Å². The first-order valence-corrected chi connectivity index (χ1v) is 5.78. The van der Waals surface area contributed by atoms with Crippen molar-refractivity contribution in [3.05, 3.63) is 0 Å². The number of rotatable bonds is 6. The van der Waals surface area contributed by atoms with Crippen LogP contribution in [0.5, 0.6) is 0 Å². The van der Waals surface area contributed by atoms with Crippen molar-refractivity contribution in [3.8, 4) is 0 Å². The lowest BCUT2D eigenvalue weighted by molar-refractivity contribution is -0.142. The average Bonchev–Trinajstić information content (AvgIpc) is 2.12. The molecule has 0 aliphatic carbocycles. The van der Waals surface area contributed by atoms with E-state index in [4.69, 9.17) is 5.11 Å². The number of carbonyl (C=O) groups is 2. The minimum atomic E-state index is -1.000. The third kappa shape index (κ3) is 5.14. The molecular weight excluding hydrogens is 206 g/mol. The first kappa shape index (κ1) is 14.9. The van der Waals surface area contributed by atoms with Gasteiger partial charge in [0.15, 0.2) is 0 Å². The van der Waals surface area contributed by atoms with Crippen molar-refractivity contribution < 1.29 is 14.7 Å². The van der Waals surface area contributed by atoms with Crippen molar-refractivity contribution in [2.75, 3.05) is 0 Å². The molecule has 0 spiro atoms. The van der Waals surface area contributed by atoms with Gasteiger partial charge < -0.3 is 10.4 Å². The summed E-state index contributed by atoms with van der Waals surface area (Å²) < 4.78 is 0. The molecule has 0 aromatic rings. The second-order valence-corrected chi connectivity index (χ2v) is 5.05. The lowest BCUT2D eigenvalue weighted by Gasteiger charge is -2.23. The number of nitrogens with one attached hydrogen (secondary N) is 1. The summed E-state index contributed by atoms with van der Waals surface area (Å²) in [6.07, 6.45) is 0.788. The maximum atomic E-state index is 11.9. The predicted octanol–water partition coefficient (Wildman–Crippen LogP) is 1.89. The Morgan fingerprint density at radius 2 is 1.62 bits per heavy atom. The van der Waals surface area contributed by atoms with Crippen LogP contribution in [0.3, 0.4) is 0 Å². The van der Waals surface area contributed by atoms with E-state index in [1.165, 1.54) is 6.92 Å². The van der Waals surface area contributed by atoms with Crippen molar-refractivity contribution in [2.24, 2.45) is 17.8 Å². The fourth-order valence-corrected chi connectivity index (χ4v) is 1.57. The van der Waals surface area contributed by atoms with Crippen molar-refractivity contribution >= 4 is 11.9 Å². The molecule has 4 nitrogen and oxygen atoms in total. The highest BCUT2D eigenvalue weighted by atomic mass is 16.4. The summed E-state index contributed by atoms with van der Waals surface area (Å²) in [5.74, 6) is -0.609. The van der Waals surface area contributed by atoms with Gasteiger partial charge >= 0.3 is 5.97 Å². The van der Waals surface area contributed by atoms with E-state index in [1.54, 1.807) is 0 Å². The monoisotopic (exact) mass is 229 g/mol. The van der Waals surface area contributed by atoms with Gasteiger partial charge in [-0.15, -0.1) is 0 Å². The number of carboxylic acid groups (broad SMARTS) is 1. The third-order valence-corrected chi connectivity index (χ3v) is 2.60. The molecule has 1 amide bonds. The quantitative estimate of drug-likeness (QED) is 0.731. The smallest absolute Gasteiger partial charge is 0.325 e. The lowest BCUT2D eigenvalue weighted by Crippen LogP contribution is -2.43. The largest absolute Gasteiger partial charge is 0.480 e. The van der Waals surface area contributed by atoms with Gasteiger partial charge in [-0.3, -0.25) is 9.59 Å². The van der Waals surface area contributed by atoms with E-state index in [-0.39, 0.29) is 17.7 Å². The van der Waals surface area contributed by atoms with Gasteiger partial charge in [0.1, 0.15) is 6.04 Å². The zero-order valence-corrected chi connectivity index (χ0v) is 10.8. The van der Waals surface area contributed by atoms with E-state index < -0.39 is 12.0 Å². The molecule has 0 aliphatic heterocycles. The Morgan fingerprint density at radius 3 is 1.94 bits per heavy atom. The number of aliphatic carboxylic acids is 1. The number of carboxylic acids is 1. The molecule has 0 radical (unpaired) electrons. The van der Waals surface area contributed by atoms with Gasteiger partial charge in [0.2, 0.25) is 5.91 Å². The molecule has 0 heterocycles. The fourth-order valence-electron chi connectivity index (χ4n) is 1.57. The molecule has 4 heteroatoms. The SMILES string of the molecule is CC(C)CC(C(=O)N[C@@H](C)C(=O)O)C(C)C. The zero-order valence-electron chi connectivity index (χ0n) is 10.8. The maximum absolute atomic E-state index is 11.9. The van der Waals surface area contributed by atoms with E-state index in [0.717, 1.165) is 6.42 Å². The molecule has 0 saturated heterocycles. The molecule has 0 rings (SSSR count). The second kappa shape index (κ2) is 6.51. The highest BCUT2D eigenvalue weighted by Crippen LogP contribution is 2.20. The van der Waals surface area contributed by atoms with Crippen LogP contribution in [-0.2, 0) is 9.59 Å². The molecule has 0 aliphatic rings. The van der Waals surface area contributed by atoms with Crippen LogP contribution in [0.15, 0.2) is 0 Å². The molecule has 16 heavy (non-hydrogen) atoms. The van der Waals surface area contributed by atoms with Gasteiger partial charge in [-0.1, -0.05) is 27.7 Å². The van der Waals surface area contributed by atoms with Crippen LogP contribution in [0.2, 0.25) is 0 Å². The Morgan fingerprint density at radius 1 is 1.12 bits per heavy atom. The molecule has 0 aromatic carbocycles. The molecule has 0 fully saturated rings. The summed E-state index contributed by atoms with van der Waals surface area (Å²) in [7, 11) is 0. The summed E-state index contributed by atoms with van der Waals surface area (Å²) in [6, 6.07) is -0.819. The van der Waals surface area contributed by atoms with Crippen LogP contribution in [0, 0.1) is 17.8 Å². The minimum absolute atomic E-state index is 0.109. The Bertz CT molecular complexity index is 249. The first-order valence-electron chi connectivity index (χ1n) is 5.78. The van der Waals surface area contributed by atoms with Gasteiger partial charge in [0, 0.05) is 5.92 Å². The van der Waals surface area contributed by atoms with Crippen molar-refractivity contribution in [1.29, 1.82) is 0 Å². The molecule has 0 saturated carbocycles. The van der Waals surface area contributed by atoms with Crippen LogP contribution >= 0.6 is 0 Å². The number of amides is 1. The van der Waals surface area contributed by atoms with Gasteiger partial charge in [-0.2, -0.15) is 0 Å². The number of hydrogen-bond donors (Lipinski definition) is 2. The number of carbonyl (C=O) groups excluding carboxylic acids is 1. The fraction of sp³-hybridized carbons (Fsp3) is 0.833. The Balaban J connectivity index is 4.44. The normalized spacial score (nSPS) is 14.9. The van der Waals surface area contributed by atoms with E-state index in [0.29, 0.717) is 5.92 Å². The molecule has 2 atom stereocenters. The topological polar surface area (TPSA) is 66.4 Å². The van der Waals surface area contributed by atoms with Gasteiger partial charge in [0.05, 0.1) is 0 Å². The summed E-state index contributed by atoms with van der Waals surface area (Å²) >= 11 is 0. The first-order chi connectivity index (χ1) is 7.25. The van der Waals surface area contributed by atoms with E-state index in [2.05, 4.69) is 19.2 Å². The van der Waals surface area contributed by atoms with Crippen LogP contribution in [0.4, 0.5) is 0 Å². The van der Waals surface area contributed by atoms with Crippen molar-refractivity contribution in [3.63, 3.8) is 0 Å². The Hall–Kier alpha value is -1.06. The molecule has 1 unspecified atom stereocenters. The number of hydrogen-bond acceptors (Lipinski definition) is 2. The zero-order chi connectivity index (χ0) is 12.9. The standard InChI is InChI=1S/C12H23NO3/c1-7(2)6-10(8(3)4)11(14)13-9(5)12(15)16/h7-10H,6H2,1-5H3,(H,13,14)(H,15,16)/t9-,10?/m0/s1. The molecule has 2 N–H and O–H groups in total. The summed E-state index contributed by atoms with van der Waals surface area (Å²) in [4.78, 5) is 22.5. The molecule has 0 aromatic heterocycles. The highest BCUT2D eigenvalue weighted by Gasteiger charge is 2.25. The summed E-state index contributed by atoms with van der Waals surface area (Å²) in [5.41, 5.74) is 0. The Kier molecular flexibility index (Phi) is 6.08. The van der Waals surface area contributed by atoms with E-state index >= 15 is 0 Å². The third-order valence-electron chi connectivity index (χ3n) is 2.60. The van der Waals surface area contributed by atoms with E-state index in [9.17, 15) is 9.59 Å². The van der Waals surface area contributed by atoms with Gasteiger partial charge in [0.25, 0.3) is 0 Å². The molecule has 94 valence electrons.